The second-order valence-electron chi connectivity index (χ2n) is 8.33. The molecule has 0 spiro atoms. The molecule has 0 saturated carbocycles. The van der Waals surface area contributed by atoms with Gasteiger partial charge in [-0.1, -0.05) is 47.7 Å². The van der Waals surface area contributed by atoms with E-state index in [0.717, 1.165) is 27.4 Å². The monoisotopic (exact) mass is 503 g/mol. The van der Waals surface area contributed by atoms with E-state index >= 15 is 0 Å². The van der Waals surface area contributed by atoms with Gasteiger partial charge in [0, 0.05) is 28.9 Å². The van der Waals surface area contributed by atoms with Crippen LogP contribution in [0.5, 0.6) is 0 Å². The molecule has 0 radical (unpaired) electrons. The molecule has 35 heavy (non-hydrogen) atoms. The Bertz CT molecular complexity index is 1620. The molecule has 1 aliphatic rings. The molecule has 8 heteroatoms. The molecule has 3 aromatic heterocycles. The Morgan fingerprint density at radius 3 is 2.57 bits per heavy atom. The average Bonchev–Trinajstić information content (AvgIpc) is 3.56. The standard InChI is InChI=1S/C27H25N3O3S2/c1-5-33-26(32)22-23(18-10-7-6-8-11-18)28-27-30(24(22)20-12-9-13-34-20)25(31)21(35-27)15-19-14-16(2)29(4)17(19)3/h6-15,24H,5H2,1-4H3. The van der Waals surface area contributed by atoms with Gasteiger partial charge in [0.2, 0.25) is 0 Å². The first-order valence-electron chi connectivity index (χ1n) is 11.4. The van der Waals surface area contributed by atoms with Crippen molar-refractivity contribution < 1.29 is 9.53 Å². The van der Waals surface area contributed by atoms with Crippen LogP contribution in [0, 0.1) is 13.8 Å². The summed E-state index contributed by atoms with van der Waals surface area (Å²) < 4.78 is 9.80. The smallest absolute Gasteiger partial charge is 0.338 e. The van der Waals surface area contributed by atoms with Crippen LogP contribution < -0.4 is 14.9 Å². The Labute approximate surface area is 210 Å². The molecule has 0 bridgehead atoms. The van der Waals surface area contributed by atoms with Crippen molar-refractivity contribution in [2.45, 2.75) is 26.8 Å². The second kappa shape index (κ2) is 9.28. The van der Waals surface area contributed by atoms with Gasteiger partial charge in [-0.25, -0.2) is 9.79 Å². The molecular weight excluding hydrogens is 478 g/mol. The number of thiophene rings is 1. The third kappa shape index (κ3) is 4.02. The van der Waals surface area contributed by atoms with Crippen LogP contribution in [0.2, 0.25) is 0 Å². The molecule has 5 rings (SSSR count). The fourth-order valence-electron chi connectivity index (χ4n) is 4.33. The van der Waals surface area contributed by atoms with Crippen molar-refractivity contribution in [2.75, 3.05) is 6.61 Å². The van der Waals surface area contributed by atoms with Crippen LogP contribution >= 0.6 is 22.7 Å². The number of thiazole rings is 1. The number of esters is 1. The van der Waals surface area contributed by atoms with E-state index in [9.17, 15) is 9.59 Å². The number of nitrogens with zero attached hydrogens (tertiary/aromatic N) is 3. The summed E-state index contributed by atoms with van der Waals surface area (Å²) in [5.41, 5.74) is 4.77. The van der Waals surface area contributed by atoms with E-state index in [-0.39, 0.29) is 12.2 Å². The molecular formula is C27H25N3O3S2. The van der Waals surface area contributed by atoms with Crippen LogP contribution in [0.15, 0.2) is 69.3 Å². The second-order valence-corrected chi connectivity index (χ2v) is 10.3. The molecule has 178 valence electrons. The number of hydrogen-bond donors (Lipinski definition) is 0. The molecule has 0 aliphatic carbocycles. The van der Waals surface area contributed by atoms with Gasteiger partial charge in [0.25, 0.3) is 5.56 Å². The Balaban J connectivity index is 1.82. The molecule has 1 aliphatic heterocycles. The van der Waals surface area contributed by atoms with Crippen LogP contribution in [0.25, 0.3) is 11.8 Å². The number of ether oxygens (including phenoxy) is 1. The van der Waals surface area contributed by atoms with E-state index in [1.807, 2.05) is 74.8 Å². The summed E-state index contributed by atoms with van der Waals surface area (Å²) in [4.78, 5) is 33.5. The minimum atomic E-state index is -0.610. The van der Waals surface area contributed by atoms with Crippen LogP contribution in [-0.2, 0) is 16.6 Å². The lowest BCUT2D eigenvalue weighted by Crippen LogP contribution is -2.39. The first-order valence-corrected chi connectivity index (χ1v) is 13.0. The van der Waals surface area contributed by atoms with Crippen molar-refractivity contribution in [3.05, 3.63) is 107 Å². The van der Waals surface area contributed by atoms with E-state index in [1.54, 1.807) is 11.5 Å². The van der Waals surface area contributed by atoms with E-state index < -0.39 is 12.0 Å². The highest BCUT2D eigenvalue weighted by molar-refractivity contribution is 7.10. The van der Waals surface area contributed by atoms with Crippen molar-refractivity contribution >= 4 is 40.4 Å². The van der Waals surface area contributed by atoms with Crippen molar-refractivity contribution in [3.8, 4) is 0 Å². The lowest BCUT2D eigenvalue weighted by atomic mass is 9.97. The number of benzene rings is 1. The summed E-state index contributed by atoms with van der Waals surface area (Å²) in [5.74, 6) is -0.461. The maximum atomic E-state index is 13.8. The largest absolute Gasteiger partial charge is 0.463 e. The lowest BCUT2D eigenvalue weighted by molar-refractivity contribution is -0.138. The number of aromatic nitrogens is 2. The predicted molar refractivity (Wildman–Crippen MR) is 140 cm³/mol. The molecule has 6 nitrogen and oxygen atoms in total. The fraction of sp³-hybridized carbons (Fsp3) is 0.222. The summed E-state index contributed by atoms with van der Waals surface area (Å²) in [6, 6.07) is 14.9. The number of fused-ring (bicyclic) bond motifs is 1. The highest BCUT2D eigenvalue weighted by atomic mass is 32.1. The predicted octanol–water partition coefficient (Wildman–Crippen LogP) is 3.95. The third-order valence-corrected chi connectivity index (χ3v) is 8.19. The highest BCUT2D eigenvalue weighted by Crippen LogP contribution is 2.36. The fourth-order valence-corrected chi connectivity index (χ4v) is 6.14. The molecule has 4 aromatic rings. The number of hydrogen-bond acceptors (Lipinski definition) is 6. The van der Waals surface area contributed by atoms with Crippen molar-refractivity contribution in [1.82, 2.24) is 9.13 Å². The Morgan fingerprint density at radius 2 is 1.94 bits per heavy atom. The highest BCUT2D eigenvalue weighted by Gasteiger charge is 2.35. The third-order valence-electron chi connectivity index (χ3n) is 6.29. The quantitative estimate of drug-likeness (QED) is 0.388. The van der Waals surface area contributed by atoms with Crippen LogP contribution in [-0.4, -0.2) is 21.7 Å². The summed E-state index contributed by atoms with van der Waals surface area (Å²) in [6.07, 6.45) is 1.92. The zero-order valence-corrected chi connectivity index (χ0v) is 21.6. The summed E-state index contributed by atoms with van der Waals surface area (Å²) in [6.45, 7) is 6.09. The number of rotatable bonds is 5. The van der Waals surface area contributed by atoms with Gasteiger partial charge in [0.1, 0.15) is 6.04 Å². The number of carbonyl (C=O) groups excluding carboxylic acids is 1. The zero-order valence-electron chi connectivity index (χ0n) is 19.9. The van der Waals surface area contributed by atoms with Gasteiger partial charge in [-0.2, -0.15) is 0 Å². The molecule has 0 N–H and O–H groups in total. The Kier molecular flexibility index (Phi) is 6.17. The maximum Gasteiger partial charge on any atom is 0.338 e. The summed E-state index contributed by atoms with van der Waals surface area (Å²) in [5, 5.41) is 1.95. The van der Waals surface area contributed by atoms with E-state index in [4.69, 9.17) is 9.73 Å². The minimum Gasteiger partial charge on any atom is -0.463 e. The van der Waals surface area contributed by atoms with Gasteiger partial charge in [0.15, 0.2) is 4.80 Å². The SMILES string of the molecule is CCOC(=O)C1=C(c2ccccc2)N=c2sc(=Cc3cc(C)n(C)c3C)c(=O)n2C1c1cccs1. The van der Waals surface area contributed by atoms with Gasteiger partial charge in [-0.3, -0.25) is 9.36 Å². The molecule has 1 atom stereocenters. The maximum absolute atomic E-state index is 13.8. The van der Waals surface area contributed by atoms with Gasteiger partial charge in [-0.15, -0.1) is 11.3 Å². The van der Waals surface area contributed by atoms with E-state index in [0.29, 0.717) is 20.6 Å². The molecule has 0 amide bonds. The van der Waals surface area contributed by atoms with Crippen molar-refractivity contribution in [3.63, 3.8) is 0 Å². The first-order chi connectivity index (χ1) is 16.9. The summed E-state index contributed by atoms with van der Waals surface area (Å²) in [7, 11) is 2.01. The van der Waals surface area contributed by atoms with E-state index in [2.05, 4.69) is 10.6 Å². The van der Waals surface area contributed by atoms with Crippen LogP contribution in [0.4, 0.5) is 0 Å². The molecule has 1 aromatic carbocycles. The number of aryl methyl sites for hydroxylation is 1. The van der Waals surface area contributed by atoms with Crippen LogP contribution in [0.3, 0.4) is 0 Å². The zero-order chi connectivity index (χ0) is 24.7. The van der Waals surface area contributed by atoms with Crippen molar-refractivity contribution in [1.29, 1.82) is 0 Å². The molecule has 1 unspecified atom stereocenters. The lowest BCUT2D eigenvalue weighted by Gasteiger charge is -2.24. The van der Waals surface area contributed by atoms with Gasteiger partial charge < -0.3 is 9.30 Å². The molecule has 4 heterocycles. The van der Waals surface area contributed by atoms with E-state index in [1.165, 1.54) is 22.7 Å². The topological polar surface area (TPSA) is 65.6 Å². The normalized spacial score (nSPS) is 15.8. The number of carbonyl (C=O) groups is 1. The molecule has 0 saturated heterocycles. The minimum absolute atomic E-state index is 0.165. The van der Waals surface area contributed by atoms with Crippen LogP contribution in [0.1, 0.15) is 40.4 Å². The summed E-state index contributed by atoms with van der Waals surface area (Å²) >= 11 is 2.85. The first kappa shape index (κ1) is 23.3. The van der Waals surface area contributed by atoms with Gasteiger partial charge in [0.05, 0.1) is 22.4 Å². The Morgan fingerprint density at radius 1 is 1.17 bits per heavy atom. The molecule has 0 fully saturated rings. The average molecular weight is 504 g/mol. The van der Waals surface area contributed by atoms with Gasteiger partial charge >= 0.3 is 5.97 Å². The Hall–Kier alpha value is -3.49. The van der Waals surface area contributed by atoms with Gasteiger partial charge in [-0.05, 0) is 49.9 Å². The van der Waals surface area contributed by atoms with Crippen molar-refractivity contribution in [2.24, 2.45) is 12.0 Å².